The van der Waals surface area contributed by atoms with Gasteiger partial charge in [-0.1, -0.05) is 26.0 Å². The summed E-state index contributed by atoms with van der Waals surface area (Å²) < 4.78 is 0. The highest BCUT2D eigenvalue weighted by atomic mass is 15.1. The smallest absolute Gasteiger partial charge is 0.0314 e. The Morgan fingerprint density at radius 2 is 1.76 bits per heavy atom. The van der Waals surface area contributed by atoms with Gasteiger partial charge in [0.25, 0.3) is 0 Å². The normalized spacial score (nSPS) is 14.9. The van der Waals surface area contributed by atoms with Crippen molar-refractivity contribution in [1.82, 2.24) is 4.90 Å². The third kappa shape index (κ3) is 4.39. The maximum atomic E-state index is 5.70. The number of benzene rings is 1. The predicted octanol–water partition coefficient (Wildman–Crippen LogP) is 3.49. The summed E-state index contributed by atoms with van der Waals surface area (Å²) in [5.74, 6) is 0.599. The number of hydrogen-bond donors (Lipinski definition) is 1. The second-order valence-electron chi connectivity index (χ2n) is 5.09. The highest BCUT2D eigenvalue weighted by Crippen LogP contribution is 2.20. The summed E-state index contributed by atoms with van der Waals surface area (Å²) in [5, 5.41) is 0. The number of nitrogens with two attached hydrogens (primary N) is 1. The molecule has 17 heavy (non-hydrogen) atoms. The number of nitrogens with zero attached hydrogens (tertiary/aromatic N) is 1. The Morgan fingerprint density at radius 1 is 1.18 bits per heavy atom. The van der Waals surface area contributed by atoms with Crippen LogP contribution in [0.15, 0.2) is 24.3 Å². The topological polar surface area (TPSA) is 29.3 Å². The zero-order valence-corrected chi connectivity index (χ0v) is 11.6. The van der Waals surface area contributed by atoms with Gasteiger partial charge in [-0.2, -0.15) is 0 Å². The fourth-order valence-electron chi connectivity index (χ4n) is 1.92. The van der Waals surface area contributed by atoms with Crippen molar-refractivity contribution in [3.8, 4) is 0 Å². The van der Waals surface area contributed by atoms with E-state index in [1.165, 1.54) is 18.4 Å². The van der Waals surface area contributed by atoms with Gasteiger partial charge in [0.05, 0.1) is 0 Å². The van der Waals surface area contributed by atoms with Gasteiger partial charge in [0.15, 0.2) is 0 Å². The monoisotopic (exact) mass is 234 g/mol. The van der Waals surface area contributed by atoms with Gasteiger partial charge in [-0.05, 0) is 57.0 Å². The molecular weight excluding hydrogens is 208 g/mol. The number of anilines is 1. The molecule has 1 aromatic rings. The molecule has 0 spiro atoms. The Kier molecular flexibility index (Phi) is 5.49. The molecule has 0 aromatic heterocycles. The van der Waals surface area contributed by atoms with Crippen LogP contribution in [0.1, 0.15) is 45.1 Å². The fourth-order valence-corrected chi connectivity index (χ4v) is 1.92. The van der Waals surface area contributed by atoms with E-state index >= 15 is 0 Å². The minimum Gasteiger partial charge on any atom is -0.399 e. The van der Waals surface area contributed by atoms with Crippen molar-refractivity contribution in [2.45, 2.75) is 45.6 Å². The van der Waals surface area contributed by atoms with Crippen LogP contribution in [-0.4, -0.2) is 24.5 Å². The minimum atomic E-state index is 0.599. The predicted molar refractivity (Wildman–Crippen MR) is 76.3 cm³/mol. The molecule has 1 aromatic carbocycles. The molecule has 2 unspecified atom stereocenters. The molecule has 0 fully saturated rings. The first kappa shape index (κ1) is 14.0. The highest BCUT2D eigenvalue weighted by Gasteiger charge is 2.10. The zero-order valence-electron chi connectivity index (χ0n) is 11.6. The number of rotatable bonds is 6. The number of nitrogen functional groups attached to an aromatic ring is 1. The van der Waals surface area contributed by atoms with Crippen LogP contribution >= 0.6 is 0 Å². The summed E-state index contributed by atoms with van der Waals surface area (Å²) in [6.45, 7) is 7.97. The lowest BCUT2D eigenvalue weighted by molar-refractivity contribution is 0.244. The molecule has 0 heterocycles. The van der Waals surface area contributed by atoms with Gasteiger partial charge in [-0.15, -0.1) is 0 Å². The van der Waals surface area contributed by atoms with Crippen LogP contribution in [0.25, 0.3) is 0 Å². The van der Waals surface area contributed by atoms with Gasteiger partial charge in [-0.3, -0.25) is 0 Å². The lowest BCUT2D eigenvalue weighted by atomic mass is 9.97. The first-order chi connectivity index (χ1) is 8.04. The lowest BCUT2D eigenvalue weighted by Gasteiger charge is -2.25. The van der Waals surface area contributed by atoms with E-state index in [2.05, 4.69) is 44.9 Å². The van der Waals surface area contributed by atoms with E-state index in [1.807, 2.05) is 12.1 Å². The largest absolute Gasteiger partial charge is 0.399 e. The van der Waals surface area contributed by atoms with Gasteiger partial charge >= 0.3 is 0 Å². The molecule has 0 saturated heterocycles. The third-order valence-electron chi connectivity index (χ3n) is 3.76. The summed E-state index contributed by atoms with van der Waals surface area (Å²) in [4.78, 5) is 2.44. The van der Waals surface area contributed by atoms with Crippen LogP contribution in [0.2, 0.25) is 0 Å². The Morgan fingerprint density at radius 3 is 2.29 bits per heavy atom. The minimum absolute atomic E-state index is 0.599. The van der Waals surface area contributed by atoms with Crippen LogP contribution in [0, 0.1) is 0 Å². The molecule has 0 bridgehead atoms. The maximum absolute atomic E-state index is 5.70. The molecule has 0 aliphatic rings. The summed E-state index contributed by atoms with van der Waals surface area (Å²) in [6.07, 6.45) is 2.41. The van der Waals surface area contributed by atoms with Crippen LogP contribution in [0.5, 0.6) is 0 Å². The first-order valence-electron chi connectivity index (χ1n) is 6.60. The van der Waals surface area contributed by atoms with Crippen molar-refractivity contribution >= 4 is 5.69 Å². The van der Waals surface area contributed by atoms with Crippen LogP contribution in [0.4, 0.5) is 5.69 Å². The zero-order chi connectivity index (χ0) is 12.8. The van der Waals surface area contributed by atoms with Crippen molar-refractivity contribution in [1.29, 1.82) is 0 Å². The molecule has 2 N–H and O–H groups in total. The number of hydrogen-bond acceptors (Lipinski definition) is 2. The van der Waals surface area contributed by atoms with Crippen LogP contribution < -0.4 is 5.73 Å². The van der Waals surface area contributed by atoms with E-state index in [9.17, 15) is 0 Å². The van der Waals surface area contributed by atoms with Gasteiger partial charge in [-0.25, -0.2) is 0 Å². The second kappa shape index (κ2) is 6.65. The van der Waals surface area contributed by atoms with Crippen molar-refractivity contribution in [2.75, 3.05) is 19.3 Å². The van der Waals surface area contributed by atoms with Gasteiger partial charge in [0.2, 0.25) is 0 Å². The van der Waals surface area contributed by atoms with Gasteiger partial charge in [0, 0.05) is 11.7 Å². The van der Waals surface area contributed by atoms with E-state index in [4.69, 9.17) is 5.73 Å². The molecule has 2 nitrogen and oxygen atoms in total. The molecule has 2 heteroatoms. The molecule has 0 radical (unpaired) electrons. The van der Waals surface area contributed by atoms with Gasteiger partial charge < -0.3 is 10.6 Å². The molecule has 0 aliphatic heterocycles. The van der Waals surface area contributed by atoms with E-state index in [-0.39, 0.29) is 0 Å². The SMILES string of the molecule is CCC(C)N(C)CCC(C)c1ccc(N)cc1. The Balaban J connectivity index is 2.44. The standard InChI is InChI=1S/C15H26N2/c1-5-13(3)17(4)11-10-12(2)14-6-8-15(16)9-7-14/h6-9,12-13H,5,10-11,16H2,1-4H3. The van der Waals surface area contributed by atoms with E-state index in [0.717, 1.165) is 12.2 Å². The average molecular weight is 234 g/mol. The van der Waals surface area contributed by atoms with Crippen LogP contribution in [-0.2, 0) is 0 Å². The fraction of sp³-hybridized carbons (Fsp3) is 0.600. The van der Waals surface area contributed by atoms with Crippen molar-refractivity contribution in [3.05, 3.63) is 29.8 Å². The lowest BCUT2D eigenvalue weighted by Crippen LogP contribution is -2.29. The van der Waals surface area contributed by atoms with E-state index < -0.39 is 0 Å². The van der Waals surface area contributed by atoms with Crippen molar-refractivity contribution in [2.24, 2.45) is 0 Å². The Hall–Kier alpha value is -1.02. The highest BCUT2D eigenvalue weighted by molar-refractivity contribution is 5.40. The summed E-state index contributed by atoms with van der Waals surface area (Å²) in [5.41, 5.74) is 7.93. The van der Waals surface area contributed by atoms with Crippen LogP contribution in [0.3, 0.4) is 0 Å². The molecule has 96 valence electrons. The molecule has 0 saturated carbocycles. The van der Waals surface area contributed by atoms with E-state index in [1.54, 1.807) is 0 Å². The molecule has 0 amide bonds. The molecule has 1 rings (SSSR count). The molecule has 0 aliphatic carbocycles. The summed E-state index contributed by atoms with van der Waals surface area (Å²) in [6, 6.07) is 8.94. The maximum Gasteiger partial charge on any atom is 0.0314 e. The summed E-state index contributed by atoms with van der Waals surface area (Å²) >= 11 is 0. The quantitative estimate of drug-likeness (QED) is 0.763. The Bertz CT molecular complexity index is 318. The first-order valence-corrected chi connectivity index (χ1v) is 6.60. The van der Waals surface area contributed by atoms with Gasteiger partial charge in [0.1, 0.15) is 0 Å². The summed E-state index contributed by atoms with van der Waals surface area (Å²) in [7, 11) is 2.21. The molecule has 2 atom stereocenters. The average Bonchev–Trinajstić information content (AvgIpc) is 2.35. The molecular formula is C15H26N2. The second-order valence-corrected chi connectivity index (χ2v) is 5.09. The van der Waals surface area contributed by atoms with Crippen molar-refractivity contribution < 1.29 is 0 Å². The van der Waals surface area contributed by atoms with Crippen molar-refractivity contribution in [3.63, 3.8) is 0 Å². The van der Waals surface area contributed by atoms with E-state index in [0.29, 0.717) is 12.0 Å². The third-order valence-corrected chi connectivity index (χ3v) is 3.76. The Labute approximate surface area is 106 Å².